The van der Waals surface area contributed by atoms with E-state index >= 15 is 0 Å². The molecule has 0 bridgehead atoms. The Morgan fingerprint density at radius 2 is 1.94 bits per heavy atom. The number of hydrogen-bond donors (Lipinski definition) is 1. The number of rotatable bonds is 3. The molecule has 0 saturated carbocycles. The van der Waals surface area contributed by atoms with Gasteiger partial charge in [-0.1, -0.05) is 11.6 Å². The third kappa shape index (κ3) is 2.99. The Morgan fingerprint density at radius 3 is 2.56 bits per heavy atom. The summed E-state index contributed by atoms with van der Waals surface area (Å²) in [6, 6.07) is 3.16. The van der Waals surface area contributed by atoms with E-state index in [4.69, 9.17) is 11.6 Å². The minimum atomic E-state index is -1.22. The van der Waals surface area contributed by atoms with Crippen LogP contribution in [0.1, 0.15) is 4.88 Å². The fourth-order valence-electron chi connectivity index (χ4n) is 1.35. The van der Waals surface area contributed by atoms with Gasteiger partial charge in [-0.25, -0.2) is 13.2 Å². The highest BCUT2D eigenvalue weighted by molar-refractivity contribution is 9.10. The zero-order valence-electron chi connectivity index (χ0n) is 8.74. The fourth-order valence-corrected chi connectivity index (χ4v) is 3.08. The number of halogens is 5. The second-order valence-corrected chi connectivity index (χ2v) is 6.03. The average molecular weight is 357 g/mol. The van der Waals surface area contributed by atoms with Gasteiger partial charge in [0.05, 0.1) is 5.69 Å². The van der Waals surface area contributed by atoms with Crippen molar-refractivity contribution in [1.82, 2.24) is 0 Å². The number of benzene rings is 1. The summed E-state index contributed by atoms with van der Waals surface area (Å²) < 4.78 is 40.5. The summed E-state index contributed by atoms with van der Waals surface area (Å²) >= 11 is 10.4. The first-order valence-corrected chi connectivity index (χ1v) is 6.78. The Labute approximate surface area is 119 Å². The number of hydrogen-bond acceptors (Lipinski definition) is 2. The molecule has 0 amide bonds. The molecule has 0 radical (unpaired) electrons. The molecule has 2 rings (SSSR count). The minimum absolute atomic E-state index is 0.215. The van der Waals surface area contributed by atoms with Gasteiger partial charge in [-0.2, -0.15) is 0 Å². The van der Waals surface area contributed by atoms with E-state index in [1.54, 1.807) is 6.07 Å². The molecule has 0 aliphatic carbocycles. The molecule has 1 nitrogen and oxygen atoms in total. The van der Waals surface area contributed by atoms with Gasteiger partial charge in [0.25, 0.3) is 0 Å². The standard InChI is InChI=1S/C11H6BrClF3NS/c12-7-3-6(18-11(7)13)4-17-9-2-5(14)1-8(15)10(9)16/h1-3,17H,4H2. The van der Waals surface area contributed by atoms with Gasteiger partial charge in [-0.3, -0.25) is 0 Å². The first kappa shape index (κ1) is 13.7. The van der Waals surface area contributed by atoms with Gasteiger partial charge in [0, 0.05) is 28.0 Å². The first-order valence-electron chi connectivity index (χ1n) is 4.79. The molecule has 0 aliphatic heterocycles. The molecule has 18 heavy (non-hydrogen) atoms. The van der Waals surface area contributed by atoms with Crippen molar-refractivity contribution in [3.63, 3.8) is 0 Å². The summed E-state index contributed by atoms with van der Waals surface area (Å²) in [5, 5.41) is 2.63. The van der Waals surface area contributed by atoms with Crippen LogP contribution in [0.5, 0.6) is 0 Å². The number of thiophene rings is 1. The smallest absolute Gasteiger partial charge is 0.182 e. The lowest BCUT2D eigenvalue weighted by atomic mass is 10.2. The van der Waals surface area contributed by atoms with Crippen LogP contribution in [0.3, 0.4) is 0 Å². The second-order valence-electron chi connectivity index (χ2n) is 3.44. The van der Waals surface area contributed by atoms with E-state index in [-0.39, 0.29) is 12.2 Å². The molecule has 1 aromatic carbocycles. The van der Waals surface area contributed by atoms with E-state index < -0.39 is 17.5 Å². The molecule has 1 heterocycles. The molecular weight excluding hydrogens is 351 g/mol. The first-order chi connectivity index (χ1) is 8.47. The minimum Gasteiger partial charge on any atom is -0.378 e. The van der Waals surface area contributed by atoms with E-state index in [0.29, 0.717) is 10.4 Å². The molecule has 1 aromatic heterocycles. The van der Waals surface area contributed by atoms with Gasteiger partial charge in [0.1, 0.15) is 10.2 Å². The van der Waals surface area contributed by atoms with Crippen LogP contribution in [-0.2, 0) is 6.54 Å². The second kappa shape index (κ2) is 5.50. The van der Waals surface area contributed by atoms with Gasteiger partial charge in [-0.05, 0) is 22.0 Å². The molecule has 1 N–H and O–H groups in total. The van der Waals surface area contributed by atoms with E-state index in [1.165, 1.54) is 11.3 Å². The lowest BCUT2D eigenvalue weighted by Crippen LogP contribution is -2.02. The zero-order chi connectivity index (χ0) is 13.3. The van der Waals surface area contributed by atoms with Crippen molar-refractivity contribution >= 4 is 44.6 Å². The highest BCUT2D eigenvalue weighted by Crippen LogP contribution is 2.32. The summed E-state index contributed by atoms with van der Waals surface area (Å²) in [5.74, 6) is -3.15. The molecule has 96 valence electrons. The third-order valence-electron chi connectivity index (χ3n) is 2.14. The molecule has 0 spiro atoms. The van der Waals surface area contributed by atoms with E-state index in [0.717, 1.165) is 15.4 Å². The monoisotopic (exact) mass is 355 g/mol. The highest BCUT2D eigenvalue weighted by Gasteiger charge is 2.11. The molecular formula is C11H6BrClF3NS. The summed E-state index contributed by atoms with van der Waals surface area (Å²) in [4.78, 5) is 0.816. The summed E-state index contributed by atoms with van der Waals surface area (Å²) in [6.07, 6.45) is 0. The molecule has 0 saturated heterocycles. The van der Waals surface area contributed by atoms with Crippen molar-refractivity contribution in [1.29, 1.82) is 0 Å². The topological polar surface area (TPSA) is 12.0 Å². The summed E-state index contributed by atoms with van der Waals surface area (Å²) in [7, 11) is 0. The van der Waals surface area contributed by atoms with Crippen LogP contribution in [0.25, 0.3) is 0 Å². The van der Waals surface area contributed by atoms with E-state index in [9.17, 15) is 13.2 Å². The summed E-state index contributed by atoms with van der Waals surface area (Å²) in [5.41, 5.74) is -0.215. The molecule has 2 aromatic rings. The predicted molar refractivity (Wildman–Crippen MR) is 70.7 cm³/mol. The Bertz CT molecular complexity index is 568. The highest BCUT2D eigenvalue weighted by atomic mass is 79.9. The van der Waals surface area contributed by atoms with Gasteiger partial charge in [-0.15, -0.1) is 11.3 Å². The van der Waals surface area contributed by atoms with E-state index in [2.05, 4.69) is 21.2 Å². The van der Waals surface area contributed by atoms with Crippen molar-refractivity contribution in [3.8, 4) is 0 Å². The third-order valence-corrected chi connectivity index (χ3v) is 4.62. The quantitative estimate of drug-likeness (QED) is 0.746. The van der Waals surface area contributed by atoms with Crippen LogP contribution in [-0.4, -0.2) is 0 Å². The van der Waals surface area contributed by atoms with Gasteiger partial charge >= 0.3 is 0 Å². The van der Waals surface area contributed by atoms with Crippen molar-refractivity contribution in [2.45, 2.75) is 6.54 Å². The lowest BCUT2D eigenvalue weighted by molar-refractivity contribution is 0.497. The Hall–Kier alpha value is -0.720. The summed E-state index contributed by atoms with van der Waals surface area (Å²) in [6.45, 7) is 0.232. The maximum absolute atomic E-state index is 13.3. The van der Waals surface area contributed by atoms with Gasteiger partial charge in [0.2, 0.25) is 0 Å². The van der Waals surface area contributed by atoms with Crippen LogP contribution < -0.4 is 5.32 Å². The average Bonchev–Trinajstić information content (AvgIpc) is 2.61. The SMILES string of the molecule is Fc1cc(F)c(F)c(NCc2cc(Br)c(Cl)s2)c1. The van der Waals surface area contributed by atoms with Crippen LogP contribution in [0.2, 0.25) is 4.34 Å². The predicted octanol–water partition coefficient (Wildman–Crippen LogP) is 5.19. The van der Waals surface area contributed by atoms with Crippen LogP contribution >= 0.6 is 38.9 Å². The van der Waals surface area contributed by atoms with Crippen molar-refractivity contribution < 1.29 is 13.2 Å². The van der Waals surface area contributed by atoms with Gasteiger partial charge in [0.15, 0.2) is 11.6 Å². The molecule has 0 aliphatic rings. The van der Waals surface area contributed by atoms with E-state index in [1.807, 2.05) is 0 Å². The molecule has 0 unspecified atom stereocenters. The maximum atomic E-state index is 13.3. The molecule has 0 atom stereocenters. The normalized spacial score (nSPS) is 10.7. The van der Waals surface area contributed by atoms with Crippen molar-refractivity contribution in [2.24, 2.45) is 0 Å². The van der Waals surface area contributed by atoms with Gasteiger partial charge < -0.3 is 5.32 Å². The number of nitrogens with one attached hydrogen (secondary N) is 1. The lowest BCUT2D eigenvalue weighted by Gasteiger charge is -2.06. The Balaban J connectivity index is 2.15. The van der Waals surface area contributed by atoms with Crippen molar-refractivity contribution in [2.75, 3.05) is 5.32 Å². The zero-order valence-corrected chi connectivity index (χ0v) is 11.9. The van der Waals surface area contributed by atoms with Crippen molar-refractivity contribution in [3.05, 3.63) is 49.3 Å². The fraction of sp³-hybridized carbons (Fsp3) is 0.0909. The van der Waals surface area contributed by atoms with Crippen LogP contribution in [0.15, 0.2) is 22.7 Å². The largest absolute Gasteiger partial charge is 0.378 e. The number of anilines is 1. The molecule has 7 heteroatoms. The molecule has 0 fully saturated rings. The Kier molecular flexibility index (Phi) is 4.19. The maximum Gasteiger partial charge on any atom is 0.182 e. The Morgan fingerprint density at radius 1 is 1.22 bits per heavy atom. The van der Waals surface area contributed by atoms with Crippen LogP contribution in [0.4, 0.5) is 18.9 Å². The van der Waals surface area contributed by atoms with Crippen LogP contribution in [0, 0.1) is 17.5 Å².